The third-order valence-corrected chi connectivity index (χ3v) is 4.94. The van der Waals surface area contributed by atoms with Crippen LogP contribution in [0.15, 0.2) is 48.2 Å². The van der Waals surface area contributed by atoms with Crippen molar-refractivity contribution in [1.82, 2.24) is 4.90 Å². The number of rotatable bonds is 8. The van der Waals surface area contributed by atoms with Crippen molar-refractivity contribution >= 4 is 23.1 Å². The lowest BCUT2D eigenvalue weighted by Crippen LogP contribution is -2.35. The zero-order valence-corrected chi connectivity index (χ0v) is 18.1. The van der Waals surface area contributed by atoms with Crippen molar-refractivity contribution in [3.63, 3.8) is 0 Å². The Morgan fingerprint density at radius 1 is 1.00 bits per heavy atom. The second-order valence-electron chi connectivity index (χ2n) is 7.60. The molecule has 2 amide bonds. The van der Waals surface area contributed by atoms with Crippen LogP contribution >= 0.6 is 0 Å². The van der Waals surface area contributed by atoms with Gasteiger partial charge in [0.15, 0.2) is 0 Å². The molecular weight excluding hydrogens is 380 g/mol. The number of amides is 2. The van der Waals surface area contributed by atoms with Gasteiger partial charge < -0.3 is 14.8 Å². The molecule has 30 heavy (non-hydrogen) atoms. The number of anilines is 1. The number of hydrogen-bond acceptors (Lipinski definition) is 5. The monoisotopic (exact) mass is 408 g/mol. The van der Waals surface area contributed by atoms with Crippen LogP contribution in [-0.2, 0) is 14.3 Å². The second-order valence-corrected chi connectivity index (χ2v) is 7.60. The van der Waals surface area contributed by atoms with Crippen LogP contribution in [0.2, 0.25) is 0 Å². The van der Waals surface area contributed by atoms with E-state index < -0.39 is 0 Å². The summed E-state index contributed by atoms with van der Waals surface area (Å²) >= 11 is 0. The third kappa shape index (κ3) is 4.54. The molecule has 0 spiro atoms. The number of aryl methyl sites for hydroxylation is 2. The van der Waals surface area contributed by atoms with Crippen molar-refractivity contribution in [2.45, 2.75) is 33.8 Å². The highest BCUT2D eigenvalue weighted by Gasteiger charge is 2.39. The average molecular weight is 408 g/mol. The minimum Gasteiger partial charge on any atom is -0.497 e. The summed E-state index contributed by atoms with van der Waals surface area (Å²) in [6, 6.07) is 13.1. The summed E-state index contributed by atoms with van der Waals surface area (Å²) in [6.45, 7) is 8.29. The Morgan fingerprint density at radius 2 is 1.70 bits per heavy atom. The number of benzene rings is 2. The smallest absolute Gasteiger partial charge is 0.278 e. The maximum absolute atomic E-state index is 13.3. The molecule has 0 aliphatic carbocycles. The van der Waals surface area contributed by atoms with Crippen LogP contribution in [0, 0.1) is 13.8 Å². The Morgan fingerprint density at radius 3 is 2.30 bits per heavy atom. The van der Waals surface area contributed by atoms with Crippen molar-refractivity contribution < 1.29 is 19.1 Å². The topological polar surface area (TPSA) is 67.9 Å². The summed E-state index contributed by atoms with van der Waals surface area (Å²) in [5, 5.41) is 3.16. The zero-order chi connectivity index (χ0) is 21.8. The predicted octanol–water partition coefficient (Wildman–Crippen LogP) is 3.93. The summed E-state index contributed by atoms with van der Waals surface area (Å²) in [4.78, 5) is 27.7. The molecule has 3 rings (SSSR count). The van der Waals surface area contributed by atoms with E-state index in [1.54, 1.807) is 19.2 Å². The highest BCUT2D eigenvalue weighted by atomic mass is 16.5. The Bertz CT molecular complexity index is 977. The SMILES string of the molecule is COc1ccc(NC2=C(c3ccc(C)cc3C)C(=O)N(CCOC(C)C)C2=O)cc1. The van der Waals surface area contributed by atoms with E-state index >= 15 is 0 Å². The molecule has 1 aliphatic rings. The molecule has 0 aromatic heterocycles. The lowest BCUT2D eigenvalue weighted by Gasteiger charge is -2.16. The van der Waals surface area contributed by atoms with Gasteiger partial charge in [-0.1, -0.05) is 23.8 Å². The van der Waals surface area contributed by atoms with Gasteiger partial charge in [-0.15, -0.1) is 0 Å². The number of nitrogens with zero attached hydrogens (tertiary/aromatic N) is 1. The number of ether oxygens (including phenoxy) is 2. The Hall–Kier alpha value is -3.12. The van der Waals surface area contributed by atoms with Gasteiger partial charge in [-0.25, -0.2) is 0 Å². The van der Waals surface area contributed by atoms with Crippen molar-refractivity contribution in [3.05, 3.63) is 64.9 Å². The molecule has 0 saturated heterocycles. The summed E-state index contributed by atoms with van der Waals surface area (Å²) < 4.78 is 10.8. The quantitative estimate of drug-likeness (QED) is 0.671. The minimum atomic E-state index is -0.349. The van der Waals surface area contributed by atoms with Gasteiger partial charge in [-0.3, -0.25) is 14.5 Å². The van der Waals surface area contributed by atoms with Crippen LogP contribution in [0.5, 0.6) is 5.75 Å². The van der Waals surface area contributed by atoms with E-state index in [0.717, 1.165) is 16.7 Å². The normalized spacial score (nSPS) is 14.1. The number of imide groups is 1. The molecule has 2 aromatic rings. The van der Waals surface area contributed by atoms with Crippen molar-refractivity contribution in [2.75, 3.05) is 25.6 Å². The fourth-order valence-electron chi connectivity index (χ4n) is 3.44. The fourth-order valence-corrected chi connectivity index (χ4v) is 3.44. The van der Waals surface area contributed by atoms with Gasteiger partial charge in [0, 0.05) is 5.69 Å². The van der Waals surface area contributed by atoms with Crippen molar-refractivity contribution in [1.29, 1.82) is 0 Å². The van der Waals surface area contributed by atoms with Crippen molar-refractivity contribution in [2.24, 2.45) is 0 Å². The van der Waals surface area contributed by atoms with E-state index in [0.29, 0.717) is 23.6 Å². The molecule has 6 heteroatoms. The number of nitrogens with one attached hydrogen (secondary N) is 1. The molecule has 2 aromatic carbocycles. The standard InChI is InChI=1S/C24H28N2O4/c1-15(2)30-13-12-26-23(27)21(20-11-6-16(3)14-17(20)4)22(24(26)28)25-18-7-9-19(29-5)10-8-18/h6-11,14-15,25H,12-13H2,1-5H3. The number of hydrogen-bond donors (Lipinski definition) is 1. The first-order valence-electron chi connectivity index (χ1n) is 10.0. The van der Waals surface area contributed by atoms with E-state index in [4.69, 9.17) is 9.47 Å². The molecule has 0 fully saturated rings. The molecule has 1 heterocycles. The van der Waals surface area contributed by atoms with E-state index in [1.807, 2.05) is 58.0 Å². The van der Waals surface area contributed by atoms with Gasteiger partial charge in [0.1, 0.15) is 11.4 Å². The number of methoxy groups -OCH3 is 1. The third-order valence-electron chi connectivity index (χ3n) is 4.94. The second kappa shape index (κ2) is 9.13. The average Bonchev–Trinajstić information content (AvgIpc) is 2.93. The van der Waals surface area contributed by atoms with Crippen LogP contribution in [0.1, 0.15) is 30.5 Å². The van der Waals surface area contributed by atoms with Gasteiger partial charge in [-0.05, 0) is 63.1 Å². The first-order valence-corrected chi connectivity index (χ1v) is 10.0. The van der Waals surface area contributed by atoms with Gasteiger partial charge in [0.25, 0.3) is 11.8 Å². The highest BCUT2D eigenvalue weighted by Crippen LogP contribution is 2.32. The lowest BCUT2D eigenvalue weighted by molar-refractivity contribution is -0.137. The Kier molecular flexibility index (Phi) is 6.57. The molecule has 0 unspecified atom stereocenters. The van der Waals surface area contributed by atoms with E-state index in [9.17, 15) is 9.59 Å². The molecule has 1 aliphatic heterocycles. The van der Waals surface area contributed by atoms with E-state index in [-0.39, 0.29) is 30.2 Å². The Balaban J connectivity index is 1.98. The first-order chi connectivity index (χ1) is 14.3. The number of carbonyl (C=O) groups is 2. The number of carbonyl (C=O) groups excluding carboxylic acids is 2. The van der Waals surface area contributed by atoms with E-state index in [2.05, 4.69) is 5.32 Å². The molecule has 1 N–H and O–H groups in total. The van der Waals surface area contributed by atoms with Gasteiger partial charge >= 0.3 is 0 Å². The maximum atomic E-state index is 13.3. The first kappa shape index (κ1) is 21.6. The molecule has 6 nitrogen and oxygen atoms in total. The molecular formula is C24H28N2O4. The fraction of sp³-hybridized carbons (Fsp3) is 0.333. The summed E-state index contributed by atoms with van der Waals surface area (Å²) in [5.41, 5.74) is 4.16. The largest absolute Gasteiger partial charge is 0.497 e. The molecule has 0 atom stereocenters. The Labute approximate surface area is 177 Å². The van der Waals surface area contributed by atoms with Crippen LogP contribution in [-0.4, -0.2) is 43.1 Å². The summed E-state index contributed by atoms with van der Waals surface area (Å²) in [5.74, 6) is 0.0545. The predicted molar refractivity (Wildman–Crippen MR) is 117 cm³/mol. The molecule has 0 radical (unpaired) electrons. The maximum Gasteiger partial charge on any atom is 0.278 e. The highest BCUT2D eigenvalue weighted by molar-refractivity contribution is 6.36. The molecule has 0 saturated carbocycles. The summed E-state index contributed by atoms with van der Waals surface area (Å²) in [6.07, 6.45) is 0.0291. The van der Waals surface area contributed by atoms with Gasteiger partial charge in [0.05, 0.1) is 31.9 Å². The van der Waals surface area contributed by atoms with Crippen LogP contribution < -0.4 is 10.1 Å². The molecule has 158 valence electrons. The van der Waals surface area contributed by atoms with E-state index in [1.165, 1.54) is 4.90 Å². The summed E-state index contributed by atoms with van der Waals surface area (Å²) in [7, 11) is 1.60. The zero-order valence-electron chi connectivity index (χ0n) is 18.1. The van der Waals surface area contributed by atoms with Crippen LogP contribution in [0.25, 0.3) is 5.57 Å². The van der Waals surface area contributed by atoms with Gasteiger partial charge in [-0.2, -0.15) is 0 Å². The van der Waals surface area contributed by atoms with Gasteiger partial charge in [0.2, 0.25) is 0 Å². The minimum absolute atomic E-state index is 0.0291. The van der Waals surface area contributed by atoms with Crippen molar-refractivity contribution in [3.8, 4) is 5.75 Å². The molecule has 0 bridgehead atoms. The van der Waals surface area contributed by atoms with Crippen LogP contribution in [0.4, 0.5) is 5.69 Å². The van der Waals surface area contributed by atoms with Crippen LogP contribution in [0.3, 0.4) is 0 Å². The lowest BCUT2D eigenvalue weighted by atomic mass is 9.97.